The van der Waals surface area contributed by atoms with Gasteiger partial charge in [-0.2, -0.15) is 0 Å². The number of morpholine rings is 1. The Balaban J connectivity index is 1.72. The summed E-state index contributed by atoms with van der Waals surface area (Å²) in [6.07, 6.45) is 2.01. The Morgan fingerprint density at radius 1 is 1.33 bits per heavy atom. The van der Waals surface area contributed by atoms with Crippen LogP contribution in [0.1, 0.15) is 6.92 Å². The van der Waals surface area contributed by atoms with Gasteiger partial charge in [-0.15, -0.1) is 11.3 Å². The zero-order chi connectivity index (χ0) is 14.2. The lowest BCUT2D eigenvalue weighted by molar-refractivity contribution is 0.0990. The van der Waals surface area contributed by atoms with Crippen molar-refractivity contribution in [1.29, 1.82) is 0 Å². The number of aromatic nitrogens is 1. The van der Waals surface area contributed by atoms with Crippen LogP contribution in [-0.2, 0) is 4.74 Å². The molecule has 3 aromatic rings. The highest BCUT2D eigenvalue weighted by Crippen LogP contribution is 2.36. The third-order valence-electron chi connectivity index (χ3n) is 4.15. The number of aromatic amines is 1. The van der Waals surface area contributed by atoms with Gasteiger partial charge in [-0.3, -0.25) is 0 Å². The van der Waals surface area contributed by atoms with E-state index in [0.29, 0.717) is 6.04 Å². The van der Waals surface area contributed by atoms with Crippen molar-refractivity contribution in [3.63, 3.8) is 0 Å². The molecule has 1 saturated heterocycles. The van der Waals surface area contributed by atoms with Crippen molar-refractivity contribution in [2.75, 3.05) is 24.7 Å². The summed E-state index contributed by atoms with van der Waals surface area (Å²) >= 11 is 1.82. The van der Waals surface area contributed by atoms with Gasteiger partial charge in [-0.1, -0.05) is 12.1 Å². The maximum Gasteiger partial charge on any atom is 0.0668 e. The first-order valence-electron chi connectivity index (χ1n) is 7.32. The number of thiophene rings is 1. The predicted octanol–water partition coefficient (Wildman–Crippen LogP) is 4.12. The van der Waals surface area contributed by atoms with Crippen LogP contribution in [-0.4, -0.2) is 30.8 Å². The molecule has 1 aromatic carbocycles. The standard InChI is InChI=1S/C17H18N2OS/c1-12-10-20-8-7-19(12)13-9-17(21-11-13)15-3-2-4-16-14(15)5-6-18-16/h2-6,9,11-12,18H,7-8,10H2,1H3. The Hall–Kier alpha value is -1.78. The van der Waals surface area contributed by atoms with Crippen LogP contribution in [0.4, 0.5) is 5.69 Å². The molecular weight excluding hydrogens is 280 g/mol. The van der Waals surface area contributed by atoms with Crippen LogP contribution in [0.5, 0.6) is 0 Å². The molecule has 0 amide bonds. The number of fused-ring (bicyclic) bond motifs is 1. The van der Waals surface area contributed by atoms with E-state index in [1.807, 2.05) is 17.5 Å². The molecule has 2 aromatic heterocycles. The minimum absolute atomic E-state index is 0.448. The van der Waals surface area contributed by atoms with Gasteiger partial charge in [0.15, 0.2) is 0 Å². The smallest absolute Gasteiger partial charge is 0.0668 e. The molecule has 1 aliphatic heterocycles. The van der Waals surface area contributed by atoms with Gasteiger partial charge < -0.3 is 14.6 Å². The van der Waals surface area contributed by atoms with Gasteiger partial charge in [0.2, 0.25) is 0 Å². The second-order valence-electron chi connectivity index (χ2n) is 5.53. The molecule has 3 nitrogen and oxygen atoms in total. The number of H-pyrrole nitrogens is 1. The van der Waals surface area contributed by atoms with Crippen molar-refractivity contribution < 1.29 is 4.74 Å². The van der Waals surface area contributed by atoms with E-state index in [0.717, 1.165) is 19.8 Å². The number of hydrogen-bond donors (Lipinski definition) is 1. The molecule has 0 saturated carbocycles. The quantitative estimate of drug-likeness (QED) is 0.771. The van der Waals surface area contributed by atoms with E-state index in [1.165, 1.54) is 27.0 Å². The van der Waals surface area contributed by atoms with Crippen LogP contribution >= 0.6 is 11.3 Å². The highest BCUT2D eigenvalue weighted by molar-refractivity contribution is 7.14. The topological polar surface area (TPSA) is 28.3 Å². The number of nitrogens with zero attached hydrogens (tertiary/aromatic N) is 1. The molecule has 0 bridgehead atoms. The van der Waals surface area contributed by atoms with E-state index < -0.39 is 0 Å². The van der Waals surface area contributed by atoms with Gasteiger partial charge in [0.05, 0.1) is 13.2 Å². The van der Waals surface area contributed by atoms with Crippen LogP contribution < -0.4 is 4.90 Å². The largest absolute Gasteiger partial charge is 0.377 e. The van der Waals surface area contributed by atoms with Crippen molar-refractivity contribution in [3.05, 3.63) is 41.9 Å². The van der Waals surface area contributed by atoms with E-state index >= 15 is 0 Å². The minimum Gasteiger partial charge on any atom is -0.377 e. The number of hydrogen-bond acceptors (Lipinski definition) is 3. The van der Waals surface area contributed by atoms with Crippen molar-refractivity contribution in [3.8, 4) is 10.4 Å². The lowest BCUT2D eigenvalue weighted by atomic mass is 10.1. The molecule has 0 radical (unpaired) electrons. The molecule has 4 rings (SSSR count). The summed E-state index contributed by atoms with van der Waals surface area (Å²) < 4.78 is 5.53. The molecule has 1 aliphatic rings. The maximum atomic E-state index is 5.53. The Bertz CT molecular complexity index is 761. The van der Waals surface area contributed by atoms with Crippen molar-refractivity contribution >= 4 is 27.9 Å². The first-order valence-corrected chi connectivity index (χ1v) is 8.20. The fourth-order valence-electron chi connectivity index (χ4n) is 3.03. The summed E-state index contributed by atoms with van der Waals surface area (Å²) in [7, 11) is 0. The lowest BCUT2D eigenvalue weighted by Crippen LogP contribution is -2.43. The molecular formula is C17H18N2OS. The highest BCUT2D eigenvalue weighted by atomic mass is 32.1. The van der Waals surface area contributed by atoms with Crippen LogP contribution in [0.2, 0.25) is 0 Å². The van der Waals surface area contributed by atoms with Gasteiger partial charge in [-0.05, 0) is 25.1 Å². The normalized spacial score (nSPS) is 19.3. The molecule has 3 heterocycles. The average molecular weight is 298 g/mol. The van der Waals surface area contributed by atoms with Crippen molar-refractivity contribution in [2.45, 2.75) is 13.0 Å². The predicted molar refractivity (Wildman–Crippen MR) is 89.2 cm³/mol. The van der Waals surface area contributed by atoms with E-state index in [2.05, 4.69) is 52.5 Å². The first kappa shape index (κ1) is 12.9. The van der Waals surface area contributed by atoms with Gasteiger partial charge in [0, 0.05) is 51.2 Å². The van der Waals surface area contributed by atoms with Crippen molar-refractivity contribution in [2.24, 2.45) is 0 Å². The molecule has 0 aliphatic carbocycles. The highest BCUT2D eigenvalue weighted by Gasteiger charge is 2.20. The summed E-state index contributed by atoms with van der Waals surface area (Å²) in [6, 6.07) is 11.4. The number of benzene rings is 1. The SMILES string of the molecule is CC1COCCN1c1csc(-c2cccc3[nH]ccc23)c1. The summed E-state index contributed by atoms with van der Waals surface area (Å²) in [6.45, 7) is 4.84. The first-order chi connectivity index (χ1) is 10.3. The number of anilines is 1. The Morgan fingerprint density at radius 3 is 3.19 bits per heavy atom. The average Bonchev–Trinajstić information content (AvgIpc) is 3.16. The fourth-order valence-corrected chi connectivity index (χ4v) is 3.97. The summed E-state index contributed by atoms with van der Waals surface area (Å²) in [5.41, 5.74) is 3.83. The zero-order valence-corrected chi connectivity index (χ0v) is 12.8. The van der Waals surface area contributed by atoms with Gasteiger partial charge in [0.25, 0.3) is 0 Å². The fraction of sp³-hybridized carbons (Fsp3) is 0.294. The second kappa shape index (κ2) is 5.20. The molecule has 1 unspecified atom stereocenters. The summed E-state index contributed by atoms with van der Waals surface area (Å²) in [4.78, 5) is 7.06. The second-order valence-corrected chi connectivity index (χ2v) is 6.44. The Kier molecular flexibility index (Phi) is 3.20. The van der Waals surface area contributed by atoms with E-state index in [1.54, 1.807) is 0 Å². The van der Waals surface area contributed by atoms with E-state index in [-0.39, 0.29) is 0 Å². The monoisotopic (exact) mass is 298 g/mol. The van der Waals surface area contributed by atoms with Crippen LogP contribution in [0.25, 0.3) is 21.3 Å². The molecule has 1 atom stereocenters. The summed E-state index contributed by atoms with van der Waals surface area (Å²) in [5.74, 6) is 0. The molecule has 108 valence electrons. The van der Waals surface area contributed by atoms with Gasteiger partial charge in [-0.25, -0.2) is 0 Å². The lowest BCUT2D eigenvalue weighted by Gasteiger charge is -2.34. The number of nitrogens with one attached hydrogen (secondary N) is 1. The van der Waals surface area contributed by atoms with Gasteiger partial charge in [0.1, 0.15) is 0 Å². The number of rotatable bonds is 2. The van der Waals surface area contributed by atoms with E-state index in [4.69, 9.17) is 4.74 Å². The molecule has 0 spiro atoms. The third kappa shape index (κ3) is 2.24. The van der Waals surface area contributed by atoms with Crippen molar-refractivity contribution in [1.82, 2.24) is 4.98 Å². The molecule has 21 heavy (non-hydrogen) atoms. The van der Waals surface area contributed by atoms with Crippen LogP contribution in [0, 0.1) is 0 Å². The number of ether oxygens (including phenoxy) is 1. The molecule has 4 heteroatoms. The van der Waals surface area contributed by atoms with E-state index in [9.17, 15) is 0 Å². The van der Waals surface area contributed by atoms with Gasteiger partial charge >= 0.3 is 0 Å². The third-order valence-corrected chi connectivity index (χ3v) is 5.10. The molecule has 1 fully saturated rings. The zero-order valence-electron chi connectivity index (χ0n) is 12.0. The molecule has 1 N–H and O–H groups in total. The Morgan fingerprint density at radius 2 is 2.29 bits per heavy atom. The maximum absolute atomic E-state index is 5.53. The van der Waals surface area contributed by atoms with Crippen LogP contribution in [0.3, 0.4) is 0 Å². The minimum atomic E-state index is 0.448. The Labute approximate surface area is 128 Å². The van der Waals surface area contributed by atoms with Crippen LogP contribution in [0.15, 0.2) is 41.9 Å². The summed E-state index contributed by atoms with van der Waals surface area (Å²) in [5, 5.41) is 3.56.